The van der Waals surface area contributed by atoms with E-state index in [2.05, 4.69) is 10.3 Å². The van der Waals surface area contributed by atoms with Gasteiger partial charge in [0.15, 0.2) is 0 Å². The number of aromatic nitrogens is 1. The Morgan fingerprint density at radius 2 is 2.05 bits per heavy atom. The Morgan fingerprint density at radius 3 is 2.60 bits per heavy atom. The molecule has 7 heteroatoms. The van der Waals surface area contributed by atoms with E-state index in [4.69, 9.17) is 5.14 Å². The third-order valence-corrected chi connectivity index (χ3v) is 4.73. The Morgan fingerprint density at radius 1 is 1.35 bits per heavy atom. The van der Waals surface area contributed by atoms with Crippen molar-refractivity contribution in [1.29, 1.82) is 0 Å². The molecule has 0 spiro atoms. The minimum atomic E-state index is -3.71. The summed E-state index contributed by atoms with van der Waals surface area (Å²) in [6.07, 6.45) is 0. The molecule has 0 aliphatic heterocycles. The molecule has 1 aromatic carbocycles. The van der Waals surface area contributed by atoms with Crippen LogP contribution in [0.4, 0.5) is 5.69 Å². The highest BCUT2D eigenvalue weighted by molar-refractivity contribution is 7.89. The molecule has 1 aromatic heterocycles. The molecule has 2 rings (SSSR count). The van der Waals surface area contributed by atoms with Gasteiger partial charge in [0.2, 0.25) is 10.0 Å². The lowest BCUT2D eigenvalue weighted by atomic mass is 10.1. The Kier molecular flexibility index (Phi) is 4.12. The zero-order valence-electron chi connectivity index (χ0n) is 11.5. The molecule has 0 bridgehead atoms. The normalized spacial score (nSPS) is 13.2. The van der Waals surface area contributed by atoms with Crippen molar-refractivity contribution in [3.05, 3.63) is 39.8 Å². The molecular formula is C13H17N3O2S2. The molecule has 20 heavy (non-hydrogen) atoms. The maximum absolute atomic E-state index is 11.5. The van der Waals surface area contributed by atoms with E-state index < -0.39 is 10.0 Å². The van der Waals surface area contributed by atoms with Crippen molar-refractivity contribution in [3.8, 4) is 0 Å². The minimum absolute atomic E-state index is 0.00456. The Labute approximate surface area is 122 Å². The van der Waals surface area contributed by atoms with E-state index in [0.29, 0.717) is 0 Å². The van der Waals surface area contributed by atoms with E-state index >= 15 is 0 Å². The van der Waals surface area contributed by atoms with E-state index in [1.54, 1.807) is 17.6 Å². The number of nitrogens with one attached hydrogen (secondary N) is 1. The van der Waals surface area contributed by atoms with Gasteiger partial charge < -0.3 is 5.32 Å². The van der Waals surface area contributed by atoms with Crippen LogP contribution >= 0.6 is 11.3 Å². The topological polar surface area (TPSA) is 85.1 Å². The molecule has 2 aromatic rings. The summed E-state index contributed by atoms with van der Waals surface area (Å²) in [4.78, 5) is 4.37. The number of thiazole rings is 1. The molecule has 0 amide bonds. The van der Waals surface area contributed by atoms with Gasteiger partial charge in [0, 0.05) is 11.1 Å². The molecule has 1 atom stereocenters. The molecular weight excluding hydrogens is 294 g/mol. The van der Waals surface area contributed by atoms with Gasteiger partial charge in [-0.2, -0.15) is 0 Å². The van der Waals surface area contributed by atoms with Gasteiger partial charge in [-0.1, -0.05) is 0 Å². The van der Waals surface area contributed by atoms with Gasteiger partial charge in [-0.25, -0.2) is 18.5 Å². The smallest absolute Gasteiger partial charge is 0.238 e. The first-order valence-electron chi connectivity index (χ1n) is 6.07. The van der Waals surface area contributed by atoms with E-state index in [1.165, 1.54) is 11.3 Å². The van der Waals surface area contributed by atoms with Gasteiger partial charge in [0.05, 0.1) is 22.1 Å². The fourth-order valence-corrected chi connectivity index (χ4v) is 3.15. The summed E-state index contributed by atoms with van der Waals surface area (Å²) in [5.74, 6) is 0. The maximum Gasteiger partial charge on any atom is 0.238 e. The van der Waals surface area contributed by atoms with Crippen molar-refractivity contribution >= 4 is 27.0 Å². The monoisotopic (exact) mass is 311 g/mol. The highest BCUT2D eigenvalue weighted by Crippen LogP contribution is 2.27. The quantitative estimate of drug-likeness (QED) is 0.909. The molecule has 0 saturated carbocycles. The van der Waals surface area contributed by atoms with Crippen LogP contribution in [0, 0.1) is 13.8 Å². The van der Waals surface area contributed by atoms with Crippen LogP contribution in [-0.2, 0) is 10.0 Å². The van der Waals surface area contributed by atoms with Crippen molar-refractivity contribution < 1.29 is 8.42 Å². The second-order valence-corrected chi connectivity index (χ2v) is 7.02. The van der Waals surface area contributed by atoms with E-state index in [0.717, 1.165) is 22.5 Å². The van der Waals surface area contributed by atoms with Crippen LogP contribution in [0.15, 0.2) is 27.9 Å². The van der Waals surface area contributed by atoms with Crippen molar-refractivity contribution in [2.24, 2.45) is 5.14 Å². The van der Waals surface area contributed by atoms with Crippen molar-refractivity contribution in [2.45, 2.75) is 31.7 Å². The molecule has 5 nitrogen and oxygen atoms in total. The molecule has 0 saturated heterocycles. The van der Waals surface area contributed by atoms with Gasteiger partial charge in [-0.05, 0) is 44.0 Å². The van der Waals surface area contributed by atoms with Crippen molar-refractivity contribution in [3.63, 3.8) is 0 Å². The second-order valence-electron chi connectivity index (χ2n) is 4.74. The van der Waals surface area contributed by atoms with Gasteiger partial charge in [0.25, 0.3) is 0 Å². The van der Waals surface area contributed by atoms with Gasteiger partial charge in [-0.3, -0.25) is 0 Å². The first-order valence-corrected chi connectivity index (χ1v) is 8.56. The van der Waals surface area contributed by atoms with E-state index in [9.17, 15) is 8.42 Å². The molecule has 0 aliphatic rings. The van der Waals surface area contributed by atoms with Crippen LogP contribution in [0.2, 0.25) is 0 Å². The zero-order chi connectivity index (χ0) is 14.9. The van der Waals surface area contributed by atoms with E-state index in [-0.39, 0.29) is 10.9 Å². The molecule has 108 valence electrons. The SMILES string of the molecule is Cc1cc(S(N)(=O)=O)cc(NC(C)c2cscn2)c1C. The Balaban J connectivity index is 2.39. The number of anilines is 1. The lowest BCUT2D eigenvalue weighted by Gasteiger charge is -2.17. The number of aryl methyl sites for hydroxylation is 1. The molecule has 0 fully saturated rings. The number of primary sulfonamides is 1. The highest BCUT2D eigenvalue weighted by atomic mass is 32.2. The fraction of sp³-hybridized carbons (Fsp3) is 0.308. The highest BCUT2D eigenvalue weighted by Gasteiger charge is 2.15. The van der Waals surface area contributed by atoms with Crippen LogP contribution in [-0.4, -0.2) is 13.4 Å². The van der Waals surface area contributed by atoms with Crippen LogP contribution in [0.1, 0.15) is 29.8 Å². The average Bonchev–Trinajstić information content (AvgIpc) is 2.87. The van der Waals surface area contributed by atoms with E-state index in [1.807, 2.05) is 26.2 Å². The summed E-state index contributed by atoms with van der Waals surface area (Å²) in [6, 6.07) is 3.15. The molecule has 1 unspecified atom stereocenters. The van der Waals surface area contributed by atoms with Crippen molar-refractivity contribution in [2.75, 3.05) is 5.32 Å². The number of benzene rings is 1. The van der Waals surface area contributed by atoms with Crippen LogP contribution in [0.3, 0.4) is 0 Å². The second kappa shape index (κ2) is 5.51. The van der Waals surface area contributed by atoms with Gasteiger partial charge in [0.1, 0.15) is 0 Å². The van der Waals surface area contributed by atoms with Crippen LogP contribution in [0.5, 0.6) is 0 Å². The third-order valence-electron chi connectivity index (χ3n) is 3.24. The summed E-state index contributed by atoms with van der Waals surface area (Å²) >= 11 is 1.53. The molecule has 1 heterocycles. The first-order chi connectivity index (χ1) is 9.29. The molecule has 3 N–H and O–H groups in total. The molecule has 0 radical (unpaired) electrons. The summed E-state index contributed by atoms with van der Waals surface area (Å²) in [7, 11) is -3.71. The van der Waals surface area contributed by atoms with Gasteiger partial charge >= 0.3 is 0 Å². The summed E-state index contributed by atoms with van der Waals surface area (Å²) < 4.78 is 23.0. The standard InChI is InChI=1S/C13H17N3O2S2/c1-8-4-11(20(14,17)18)5-12(9(8)2)16-10(3)13-6-19-7-15-13/h4-7,10,16H,1-3H3,(H2,14,17,18). The van der Waals surface area contributed by atoms with Crippen LogP contribution in [0.25, 0.3) is 0 Å². The average molecular weight is 311 g/mol. The predicted molar refractivity (Wildman–Crippen MR) is 81.4 cm³/mol. The number of nitrogens with zero attached hydrogens (tertiary/aromatic N) is 1. The molecule has 0 aliphatic carbocycles. The summed E-state index contributed by atoms with van der Waals surface area (Å²) in [5.41, 5.74) is 5.33. The summed E-state index contributed by atoms with van der Waals surface area (Å²) in [5, 5.41) is 10.5. The third kappa shape index (κ3) is 3.17. The number of sulfonamides is 1. The predicted octanol–water partition coefficient (Wildman–Crippen LogP) is 2.58. The van der Waals surface area contributed by atoms with Crippen LogP contribution < -0.4 is 10.5 Å². The lowest BCUT2D eigenvalue weighted by molar-refractivity contribution is 0.597. The van der Waals surface area contributed by atoms with Crippen molar-refractivity contribution in [1.82, 2.24) is 4.98 Å². The largest absolute Gasteiger partial charge is 0.377 e. The first kappa shape index (κ1) is 15.0. The Hall–Kier alpha value is -1.44. The number of hydrogen-bond acceptors (Lipinski definition) is 5. The number of hydrogen-bond donors (Lipinski definition) is 2. The number of nitrogens with two attached hydrogens (primary N) is 1. The fourth-order valence-electron chi connectivity index (χ4n) is 1.88. The zero-order valence-corrected chi connectivity index (χ0v) is 13.2. The van der Waals surface area contributed by atoms with Gasteiger partial charge in [-0.15, -0.1) is 11.3 Å². The maximum atomic E-state index is 11.5. The Bertz CT molecular complexity index is 709. The lowest BCUT2D eigenvalue weighted by Crippen LogP contribution is -2.14. The summed E-state index contributed by atoms with van der Waals surface area (Å²) in [6.45, 7) is 5.79. The minimum Gasteiger partial charge on any atom is -0.377 e. The number of rotatable bonds is 4.